The van der Waals surface area contributed by atoms with Crippen LogP contribution in [0.2, 0.25) is 0 Å². The molecule has 14 heavy (non-hydrogen) atoms. The van der Waals surface area contributed by atoms with Crippen molar-refractivity contribution in [1.29, 1.82) is 0 Å². The second kappa shape index (κ2) is 10.7. The molecule has 0 aromatic rings. The van der Waals surface area contributed by atoms with Crippen LogP contribution in [0, 0.1) is 5.41 Å². The molecule has 0 aliphatic carbocycles. The Balaban J connectivity index is -0.000000605. The SMILES string of the molecule is CC(C)(C)CCCCCC(=O)O.[BiH3].[BiH3]. The minimum absolute atomic E-state index is 0. The first-order valence-corrected chi connectivity index (χ1v) is 4.63. The summed E-state index contributed by atoms with van der Waals surface area (Å²) < 4.78 is 0. The van der Waals surface area contributed by atoms with Gasteiger partial charge < -0.3 is 5.11 Å². The number of hydrogen-bond donors (Lipinski definition) is 1. The van der Waals surface area contributed by atoms with Gasteiger partial charge in [0.2, 0.25) is 0 Å². The minimum atomic E-state index is -0.675. The monoisotopic (exact) mass is 596 g/mol. The summed E-state index contributed by atoms with van der Waals surface area (Å²) >= 11 is 0. The van der Waals surface area contributed by atoms with E-state index in [1.807, 2.05) is 0 Å². The molecule has 1 N–H and O–H groups in total. The van der Waals surface area contributed by atoms with Gasteiger partial charge in [0, 0.05) is 6.42 Å². The Labute approximate surface area is 125 Å². The third kappa shape index (κ3) is 18.9. The van der Waals surface area contributed by atoms with Gasteiger partial charge in [-0.2, -0.15) is 0 Å². The Kier molecular flexibility index (Phi) is 15.8. The van der Waals surface area contributed by atoms with Gasteiger partial charge in [-0.1, -0.05) is 33.6 Å². The number of rotatable bonds is 5. The number of carboxylic acid groups (broad SMARTS) is 1. The van der Waals surface area contributed by atoms with E-state index in [9.17, 15) is 4.79 Å². The van der Waals surface area contributed by atoms with Gasteiger partial charge >= 0.3 is 58.4 Å². The van der Waals surface area contributed by atoms with E-state index in [1.165, 1.54) is 6.42 Å². The maximum absolute atomic E-state index is 10.2. The van der Waals surface area contributed by atoms with E-state index in [-0.39, 0.29) is 52.4 Å². The summed E-state index contributed by atoms with van der Waals surface area (Å²) in [5.41, 5.74) is 0.392. The molecule has 0 heterocycles. The van der Waals surface area contributed by atoms with Crippen molar-refractivity contribution in [2.24, 2.45) is 5.41 Å². The summed E-state index contributed by atoms with van der Waals surface area (Å²) in [5.74, 6) is -0.675. The van der Waals surface area contributed by atoms with E-state index in [1.54, 1.807) is 0 Å². The standard InChI is InChI=1S/C10H20O2.2Bi.6H/c1-10(2,3)8-6-4-5-7-9(11)12;;;;;;;;/h4-8H2,1-3H3,(H,11,12);;;;;;;;. The molecule has 0 bridgehead atoms. The van der Waals surface area contributed by atoms with Gasteiger partial charge in [-0.25, -0.2) is 0 Å². The Morgan fingerprint density at radius 3 is 1.93 bits per heavy atom. The second-order valence-electron chi connectivity index (χ2n) is 4.52. The predicted octanol–water partition coefficient (Wildman–Crippen LogP) is 0.700. The molecule has 0 saturated heterocycles. The van der Waals surface area contributed by atoms with Crippen molar-refractivity contribution in [1.82, 2.24) is 0 Å². The normalized spacial score (nSPS) is 9.93. The van der Waals surface area contributed by atoms with Crippen LogP contribution in [0.3, 0.4) is 0 Å². The molecular formula is C10H26Bi2O2. The molecule has 0 amide bonds. The van der Waals surface area contributed by atoms with E-state index in [2.05, 4.69) is 20.8 Å². The van der Waals surface area contributed by atoms with Crippen LogP contribution >= 0.6 is 0 Å². The van der Waals surface area contributed by atoms with E-state index in [0.29, 0.717) is 11.8 Å². The fraction of sp³-hybridized carbons (Fsp3) is 0.900. The first-order chi connectivity index (χ1) is 5.42. The van der Waals surface area contributed by atoms with Crippen molar-refractivity contribution in [2.45, 2.75) is 52.9 Å². The van der Waals surface area contributed by atoms with Crippen LogP contribution in [0.15, 0.2) is 0 Å². The van der Waals surface area contributed by atoms with Gasteiger partial charge in [-0.15, -0.1) is 0 Å². The number of hydrogen-bond acceptors (Lipinski definition) is 1. The Morgan fingerprint density at radius 1 is 1.07 bits per heavy atom. The van der Waals surface area contributed by atoms with Crippen molar-refractivity contribution < 1.29 is 9.90 Å². The van der Waals surface area contributed by atoms with Gasteiger partial charge in [0.25, 0.3) is 0 Å². The van der Waals surface area contributed by atoms with Crippen LogP contribution in [-0.2, 0) is 4.79 Å². The van der Waals surface area contributed by atoms with Crippen molar-refractivity contribution in [3.63, 3.8) is 0 Å². The molecule has 0 atom stereocenters. The third-order valence-electron chi connectivity index (χ3n) is 1.82. The molecule has 88 valence electrons. The summed E-state index contributed by atoms with van der Waals surface area (Å²) in [7, 11) is 0. The number of unbranched alkanes of at least 4 members (excludes halogenated alkanes) is 2. The van der Waals surface area contributed by atoms with Crippen LogP contribution in [0.1, 0.15) is 52.9 Å². The summed E-state index contributed by atoms with van der Waals surface area (Å²) in [5, 5.41) is 8.37. The molecule has 2 nitrogen and oxygen atoms in total. The number of aliphatic carboxylic acids is 1. The van der Waals surface area contributed by atoms with Crippen LogP contribution in [0.25, 0.3) is 0 Å². The van der Waals surface area contributed by atoms with E-state index in [4.69, 9.17) is 5.11 Å². The van der Waals surface area contributed by atoms with E-state index >= 15 is 0 Å². The topological polar surface area (TPSA) is 37.3 Å². The van der Waals surface area contributed by atoms with Crippen LogP contribution < -0.4 is 0 Å². The summed E-state index contributed by atoms with van der Waals surface area (Å²) in [6.45, 7) is 6.64. The molecule has 0 rings (SSSR count). The molecule has 0 spiro atoms. The molecule has 4 heteroatoms. The Morgan fingerprint density at radius 2 is 1.57 bits per heavy atom. The van der Waals surface area contributed by atoms with Gasteiger partial charge in [-0.3, -0.25) is 4.79 Å². The maximum atomic E-state index is 10.2. The molecule has 0 aliphatic heterocycles. The fourth-order valence-corrected chi connectivity index (χ4v) is 1.11. The Hall–Kier alpha value is 1.24. The average molecular weight is 596 g/mol. The Bertz CT molecular complexity index is 142. The average Bonchev–Trinajstić information content (AvgIpc) is 1.83. The van der Waals surface area contributed by atoms with Crippen molar-refractivity contribution in [2.75, 3.05) is 0 Å². The molecule has 0 radical (unpaired) electrons. The summed E-state index contributed by atoms with van der Waals surface area (Å²) in [6.07, 6.45) is 4.53. The quantitative estimate of drug-likeness (QED) is 0.375. The van der Waals surface area contributed by atoms with Gasteiger partial charge in [0.1, 0.15) is 0 Å². The van der Waals surface area contributed by atoms with Gasteiger partial charge in [0.15, 0.2) is 0 Å². The van der Waals surface area contributed by atoms with Crippen LogP contribution in [0.4, 0.5) is 0 Å². The van der Waals surface area contributed by atoms with Crippen LogP contribution in [0.5, 0.6) is 0 Å². The van der Waals surface area contributed by atoms with Crippen molar-refractivity contribution in [3.05, 3.63) is 0 Å². The predicted molar refractivity (Wildman–Crippen MR) is 70.1 cm³/mol. The molecular weight excluding hydrogens is 570 g/mol. The molecule has 0 unspecified atom stereocenters. The van der Waals surface area contributed by atoms with Crippen molar-refractivity contribution in [3.8, 4) is 0 Å². The summed E-state index contributed by atoms with van der Waals surface area (Å²) in [4.78, 5) is 10.2. The molecule has 0 aliphatic rings. The molecule has 0 aromatic carbocycles. The van der Waals surface area contributed by atoms with Crippen LogP contribution in [-0.4, -0.2) is 63.5 Å². The third-order valence-corrected chi connectivity index (χ3v) is 1.82. The first-order valence-electron chi connectivity index (χ1n) is 4.63. The first kappa shape index (κ1) is 20.6. The van der Waals surface area contributed by atoms with E-state index < -0.39 is 5.97 Å². The second-order valence-corrected chi connectivity index (χ2v) is 4.52. The number of carboxylic acids is 1. The number of carbonyl (C=O) groups is 1. The molecule has 0 aromatic heterocycles. The summed E-state index contributed by atoms with van der Waals surface area (Å²) in [6, 6.07) is 0. The van der Waals surface area contributed by atoms with Gasteiger partial charge in [0.05, 0.1) is 0 Å². The van der Waals surface area contributed by atoms with E-state index in [0.717, 1.165) is 19.3 Å². The van der Waals surface area contributed by atoms with Crippen molar-refractivity contribution >= 4 is 58.4 Å². The zero-order chi connectivity index (χ0) is 9.61. The zero-order valence-corrected chi connectivity index (χ0v) is 20.8. The van der Waals surface area contributed by atoms with Gasteiger partial charge in [-0.05, 0) is 18.3 Å². The molecule has 0 saturated carbocycles. The fourth-order valence-electron chi connectivity index (χ4n) is 1.11. The molecule has 0 fully saturated rings. The zero-order valence-electron chi connectivity index (χ0n) is 9.81.